The lowest BCUT2D eigenvalue weighted by Gasteiger charge is -2.20. The molecule has 3 rings (SSSR count). The molecular formula is C21H24N2O4. The van der Waals surface area contributed by atoms with Gasteiger partial charge in [-0.25, -0.2) is 0 Å². The summed E-state index contributed by atoms with van der Waals surface area (Å²) in [4.78, 5) is 14.0. The lowest BCUT2D eigenvalue weighted by molar-refractivity contribution is -0.144. The number of furan rings is 1. The molecule has 0 aliphatic heterocycles. The molecule has 0 fully saturated rings. The van der Waals surface area contributed by atoms with Crippen molar-refractivity contribution in [2.45, 2.75) is 20.0 Å². The van der Waals surface area contributed by atoms with Gasteiger partial charge in [0.25, 0.3) is 0 Å². The van der Waals surface area contributed by atoms with E-state index in [-0.39, 0.29) is 12.5 Å². The summed E-state index contributed by atoms with van der Waals surface area (Å²) in [5.74, 6) is 1.31. The van der Waals surface area contributed by atoms with Crippen LogP contribution >= 0.6 is 0 Å². The predicted octanol–water partition coefficient (Wildman–Crippen LogP) is 3.59. The normalized spacial score (nSPS) is 11.1. The number of benzene rings is 2. The van der Waals surface area contributed by atoms with E-state index >= 15 is 0 Å². The third-order valence-corrected chi connectivity index (χ3v) is 4.19. The topological polar surface area (TPSA) is 77.9 Å². The number of carbonyl (C=O) groups is 1. The lowest BCUT2D eigenvalue weighted by Crippen LogP contribution is -2.30. The van der Waals surface area contributed by atoms with Crippen molar-refractivity contribution in [2.24, 2.45) is 0 Å². The zero-order valence-corrected chi connectivity index (χ0v) is 15.6. The van der Waals surface area contributed by atoms with Gasteiger partial charge >= 0.3 is 5.97 Å². The van der Waals surface area contributed by atoms with E-state index in [2.05, 4.69) is 0 Å². The number of hydrogen-bond acceptors (Lipinski definition) is 6. The van der Waals surface area contributed by atoms with Gasteiger partial charge in [0.15, 0.2) is 0 Å². The standard InChI is InChI=1S/C21H24N2O4/c1-3-26-21(24)14-23(12-15-4-7-18(25-2)8-5-15)13-19-11-16-10-17(22)6-9-20(16)27-19/h4-11H,3,12-14,22H2,1-2H3. The molecule has 0 aliphatic rings. The van der Waals surface area contributed by atoms with Gasteiger partial charge in [0.05, 0.1) is 26.8 Å². The molecule has 0 atom stereocenters. The Morgan fingerprint density at radius 2 is 1.89 bits per heavy atom. The second-order valence-electron chi connectivity index (χ2n) is 6.31. The van der Waals surface area contributed by atoms with Crippen LogP contribution in [0.25, 0.3) is 11.0 Å². The van der Waals surface area contributed by atoms with Crippen LogP contribution in [-0.2, 0) is 22.6 Å². The molecule has 27 heavy (non-hydrogen) atoms. The highest BCUT2D eigenvalue weighted by Gasteiger charge is 2.15. The van der Waals surface area contributed by atoms with Crippen LogP contribution in [0.1, 0.15) is 18.2 Å². The van der Waals surface area contributed by atoms with Gasteiger partial charge < -0.3 is 19.6 Å². The average Bonchev–Trinajstić information content (AvgIpc) is 3.03. The fourth-order valence-electron chi connectivity index (χ4n) is 2.96. The van der Waals surface area contributed by atoms with Gasteiger partial charge in [0, 0.05) is 17.6 Å². The molecule has 0 radical (unpaired) electrons. The highest BCUT2D eigenvalue weighted by molar-refractivity contribution is 5.81. The summed E-state index contributed by atoms with van der Waals surface area (Å²) >= 11 is 0. The molecule has 1 aromatic heterocycles. The number of nitrogens with zero attached hydrogens (tertiary/aromatic N) is 1. The first-order valence-corrected chi connectivity index (χ1v) is 8.86. The third-order valence-electron chi connectivity index (χ3n) is 4.19. The Kier molecular flexibility index (Phi) is 5.98. The third kappa shape index (κ3) is 5.01. The number of esters is 1. The molecule has 0 saturated heterocycles. The number of ether oxygens (including phenoxy) is 2. The van der Waals surface area contributed by atoms with Crippen molar-refractivity contribution < 1.29 is 18.7 Å². The van der Waals surface area contributed by atoms with Gasteiger partial charge in [0.1, 0.15) is 17.1 Å². The minimum Gasteiger partial charge on any atom is -0.497 e. The summed E-state index contributed by atoms with van der Waals surface area (Å²) in [6, 6.07) is 15.3. The molecule has 142 valence electrons. The molecule has 2 aromatic carbocycles. The van der Waals surface area contributed by atoms with Crippen LogP contribution in [0.3, 0.4) is 0 Å². The Morgan fingerprint density at radius 1 is 1.11 bits per heavy atom. The smallest absolute Gasteiger partial charge is 0.320 e. The second kappa shape index (κ2) is 8.60. The largest absolute Gasteiger partial charge is 0.497 e. The van der Waals surface area contributed by atoms with Crippen LogP contribution in [0, 0.1) is 0 Å². The Balaban J connectivity index is 1.77. The minimum atomic E-state index is -0.258. The first-order valence-electron chi connectivity index (χ1n) is 8.86. The van der Waals surface area contributed by atoms with E-state index in [4.69, 9.17) is 19.6 Å². The van der Waals surface area contributed by atoms with E-state index in [0.29, 0.717) is 25.4 Å². The first kappa shape index (κ1) is 18.8. The number of nitrogens with two attached hydrogens (primary N) is 1. The van der Waals surface area contributed by atoms with E-state index < -0.39 is 0 Å². The number of rotatable bonds is 8. The number of anilines is 1. The second-order valence-corrected chi connectivity index (χ2v) is 6.31. The Hall–Kier alpha value is -2.99. The van der Waals surface area contributed by atoms with Crippen molar-refractivity contribution in [1.82, 2.24) is 4.90 Å². The summed E-state index contributed by atoms with van der Waals surface area (Å²) in [7, 11) is 1.64. The number of carbonyl (C=O) groups excluding carboxylic acids is 1. The van der Waals surface area contributed by atoms with Crippen LogP contribution < -0.4 is 10.5 Å². The summed E-state index contributed by atoms with van der Waals surface area (Å²) < 4.78 is 16.2. The summed E-state index contributed by atoms with van der Waals surface area (Å²) in [6.07, 6.45) is 0. The van der Waals surface area contributed by atoms with Crippen molar-refractivity contribution in [3.05, 3.63) is 59.9 Å². The van der Waals surface area contributed by atoms with Crippen LogP contribution in [0.5, 0.6) is 5.75 Å². The summed E-state index contributed by atoms with van der Waals surface area (Å²) in [6.45, 7) is 3.41. The van der Waals surface area contributed by atoms with Gasteiger partial charge in [0.2, 0.25) is 0 Å². The van der Waals surface area contributed by atoms with Gasteiger partial charge in [-0.2, -0.15) is 0 Å². The number of fused-ring (bicyclic) bond motifs is 1. The molecule has 1 heterocycles. The van der Waals surface area contributed by atoms with Gasteiger partial charge in [-0.05, 0) is 48.9 Å². The molecule has 0 saturated carbocycles. The van der Waals surface area contributed by atoms with E-state index in [1.807, 2.05) is 53.4 Å². The molecular weight excluding hydrogens is 344 g/mol. The van der Waals surface area contributed by atoms with E-state index in [9.17, 15) is 4.79 Å². The first-order chi connectivity index (χ1) is 13.1. The minimum absolute atomic E-state index is 0.180. The number of methoxy groups -OCH3 is 1. The number of nitrogen functional groups attached to an aromatic ring is 1. The van der Waals surface area contributed by atoms with Crippen molar-refractivity contribution in [2.75, 3.05) is 26.0 Å². The number of hydrogen-bond donors (Lipinski definition) is 1. The Bertz CT molecular complexity index is 902. The van der Waals surface area contributed by atoms with Crippen molar-refractivity contribution in [3.63, 3.8) is 0 Å². The van der Waals surface area contributed by atoms with Gasteiger partial charge in [-0.3, -0.25) is 9.69 Å². The van der Waals surface area contributed by atoms with Crippen LogP contribution in [0.4, 0.5) is 5.69 Å². The lowest BCUT2D eigenvalue weighted by atomic mass is 10.2. The van der Waals surface area contributed by atoms with E-state index in [1.165, 1.54) is 0 Å². The fourth-order valence-corrected chi connectivity index (χ4v) is 2.96. The SMILES string of the molecule is CCOC(=O)CN(Cc1ccc(OC)cc1)Cc1cc2cc(N)ccc2o1. The van der Waals surface area contributed by atoms with Gasteiger partial charge in [-0.1, -0.05) is 12.1 Å². The molecule has 2 N–H and O–H groups in total. The van der Waals surface area contributed by atoms with Gasteiger partial charge in [-0.15, -0.1) is 0 Å². The van der Waals surface area contributed by atoms with E-state index in [1.54, 1.807) is 14.0 Å². The van der Waals surface area contributed by atoms with Crippen molar-refractivity contribution in [1.29, 1.82) is 0 Å². The molecule has 0 unspecified atom stereocenters. The quantitative estimate of drug-likeness (QED) is 0.484. The average molecular weight is 368 g/mol. The molecule has 6 heteroatoms. The predicted molar refractivity (Wildman–Crippen MR) is 104 cm³/mol. The highest BCUT2D eigenvalue weighted by atomic mass is 16.5. The molecule has 0 bridgehead atoms. The Morgan fingerprint density at radius 3 is 2.59 bits per heavy atom. The highest BCUT2D eigenvalue weighted by Crippen LogP contribution is 2.23. The molecule has 0 aliphatic carbocycles. The van der Waals surface area contributed by atoms with Crippen LogP contribution in [0.2, 0.25) is 0 Å². The molecule has 0 spiro atoms. The van der Waals surface area contributed by atoms with Crippen molar-refractivity contribution in [3.8, 4) is 5.75 Å². The van der Waals surface area contributed by atoms with Crippen molar-refractivity contribution >= 4 is 22.6 Å². The maximum absolute atomic E-state index is 12.0. The maximum atomic E-state index is 12.0. The fraction of sp³-hybridized carbons (Fsp3) is 0.286. The molecule has 6 nitrogen and oxygen atoms in total. The summed E-state index contributed by atoms with van der Waals surface area (Å²) in [5, 5.41) is 0.950. The zero-order valence-electron chi connectivity index (χ0n) is 15.6. The monoisotopic (exact) mass is 368 g/mol. The molecule has 3 aromatic rings. The van der Waals surface area contributed by atoms with E-state index in [0.717, 1.165) is 28.0 Å². The maximum Gasteiger partial charge on any atom is 0.320 e. The van der Waals surface area contributed by atoms with Crippen LogP contribution in [0.15, 0.2) is 52.9 Å². The van der Waals surface area contributed by atoms with Crippen LogP contribution in [-0.4, -0.2) is 31.1 Å². The zero-order chi connectivity index (χ0) is 19.2. The summed E-state index contributed by atoms with van der Waals surface area (Å²) in [5.41, 5.74) is 8.37. The molecule has 0 amide bonds. The Labute approximate surface area is 158 Å².